The third-order valence-corrected chi connectivity index (χ3v) is 3.93. The standard InChI is InChI=1S/C11H21N/c1-7(2)9-5-11-10(9)6-12(11)8(3)4/h7-11H,5-6H2,1-4H3. The first-order chi connectivity index (χ1) is 5.61. The minimum absolute atomic E-state index is 0.777. The number of piperidine rings is 1. The van der Waals surface area contributed by atoms with Gasteiger partial charge in [0.1, 0.15) is 0 Å². The summed E-state index contributed by atoms with van der Waals surface area (Å²) in [6, 6.07) is 1.75. The van der Waals surface area contributed by atoms with Crippen LogP contribution in [0.15, 0.2) is 0 Å². The molecule has 1 aliphatic heterocycles. The zero-order valence-electron chi connectivity index (χ0n) is 8.75. The van der Waals surface area contributed by atoms with Gasteiger partial charge in [0, 0.05) is 18.6 Å². The molecule has 3 atom stereocenters. The van der Waals surface area contributed by atoms with E-state index in [-0.39, 0.29) is 0 Å². The van der Waals surface area contributed by atoms with E-state index in [0.29, 0.717) is 0 Å². The van der Waals surface area contributed by atoms with Crippen molar-refractivity contribution in [3.05, 3.63) is 0 Å². The van der Waals surface area contributed by atoms with Crippen molar-refractivity contribution in [1.82, 2.24) is 4.90 Å². The Morgan fingerprint density at radius 3 is 2.17 bits per heavy atom. The molecule has 0 spiro atoms. The van der Waals surface area contributed by atoms with Crippen molar-refractivity contribution in [2.45, 2.75) is 46.2 Å². The minimum atomic E-state index is 0.777. The lowest BCUT2D eigenvalue weighted by atomic mass is 9.58. The Bertz CT molecular complexity index is 154. The van der Waals surface area contributed by atoms with Crippen LogP contribution < -0.4 is 0 Å². The van der Waals surface area contributed by atoms with Gasteiger partial charge in [0.15, 0.2) is 0 Å². The van der Waals surface area contributed by atoms with Gasteiger partial charge in [-0.15, -0.1) is 0 Å². The third-order valence-electron chi connectivity index (χ3n) is 3.93. The van der Waals surface area contributed by atoms with Crippen molar-refractivity contribution in [1.29, 1.82) is 0 Å². The van der Waals surface area contributed by atoms with Gasteiger partial charge >= 0.3 is 0 Å². The van der Waals surface area contributed by atoms with Gasteiger partial charge in [-0.25, -0.2) is 0 Å². The van der Waals surface area contributed by atoms with Gasteiger partial charge in [0.05, 0.1) is 0 Å². The van der Waals surface area contributed by atoms with Crippen LogP contribution in [0.2, 0.25) is 0 Å². The quantitative estimate of drug-likeness (QED) is 0.610. The number of nitrogens with zero attached hydrogens (tertiary/aromatic N) is 1. The SMILES string of the molecule is CC(C)C1CC2C1CN2C(C)C. The maximum atomic E-state index is 2.66. The van der Waals surface area contributed by atoms with E-state index >= 15 is 0 Å². The van der Waals surface area contributed by atoms with Crippen LogP contribution in [-0.2, 0) is 0 Å². The second-order valence-electron chi connectivity index (χ2n) is 5.17. The van der Waals surface area contributed by atoms with E-state index in [1.165, 1.54) is 13.0 Å². The third kappa shape index (κ3) is 1.02. The van der Waals surface area contributed by atoms with E-state index < -0.39 is 0 Å². The number of fused-ring (bicyclic) bond motifs is 1. The Labute approximate surface area is 76.1 Å². The van der Waals surface area contributed by atoms with Crippen LogP contribution >= 0.6 is 0 Å². The predicted molar refractivity (Wildman–Crippen MR) is 52.1 cm³/mol. The second kappa shape index (κ2) is 2.73. The summed E-state index contributed by atoms with van der Waals surface area (Å²) in [5, 5.41) is 0. The first kappa shape index (κ1) is 8.55. The normalized spacial score (nSPS) is 41.0. The van der Waals surface area contributed by atoms with Crippen molar-refractivity contribution in [2.75, 3.05) is 6.54 Å². The molecule has 1 saturated heterocycles. The molecular formula is C11H21N. The van der Waals surface area contributed by atoms with Gasteiger partial charge in [-0.3, -0.25) is 4.90 Å². The highest BCUT2D eigenvalue weighted by molar-refractivity contribution is 5.06. The zero-order chi connectivity index (χ0) is 8.88. The average molecular weight is 167 g/mol. The lowest BCUT2D eigenvalue weighted by Gasteiger charge is -2.63. The molecule has 0 amide bonds. The molecule has 1 heteroatoms. The number of rotatable bonds is 2. The van der Waals surface area contributed by atoms with Gasteiger partial charge in [0.2, 0.25) is 0 Å². The first-order valence-electron chi connectivity index (χ1n) is 5.37. The Morgan fingerprint density at radius 1 is 1.17 bits per heavy atom. The number of hydrogen-bond acceptors (Lipinski definition) is 1. The summed E-state index contributed by atoms with van der Waals surface area (Å²) in [7, 11) is 0. The van der Waals surface area contributed by atoms with Gasteiger partial charge in [0.25, 0.3) is 0 Å². The molecule has 1 nitrogen and oxygen atoms in total. The Hall–Kier alpha value is -0.0400. The summed E-state index contributed by atoms with van der Waals surface area (Å²) in [6.07, 6.45) is 1.47. The molecule has 2 fully saturated rings. The maximum absolute atomic E-state index is 2.66. The highest BCUT2D eigenvalue weighted by Crippen LogP contribution is 2.50. The first-order valence-corrected chi connectivity index (χ1v) is 5.37. The molecule has 1 heterocycles. The van der Waals surface area contributed by atoms with Crippen LogP contribution in [0.1, 0.15) is 34.1 Å². The van der Waals surface area contributed by atoms with Gasteiger partial charge in [-0.2, -0.15) is 0 Å². The Balaban J connectivity index is 1.85. The average Bonchev–Trinajstić information content (AvgIpc) is 1.92. The molecule has 0 radical (unpaired) electrons. The fourth-order valence-corrected chi connectivity index (χ4v) is 2.96. The molecule has 70 valence electrons. The highest BCUT2D eigenvalue weighted by Gasteiger charge is 2.53. The molecule has 2 aliphatic rings. The van der Waals surface area contributed by atoms with Crippen LogP contribution in [0.5, 0.6) is 0 Å². The minimum Gasteiger partial charge on any atom is -0.297 e. The summed E-state index contributed by atoms with van der Waals surface area (Å²) < 4.78 is 0. The van der Waals surface area contributed by atoms with E-state index in [4.69, 9.17) is 0 Å². The molecule has 1 saturated carbocycles. The molecule has 12 heavy (non-hydrogen) atoms. The summed E-state index contributed by atoms with van der Waals surface area (Å²) in [4.78, 5) is 2.66. The number of hydrogen-bond donors (Lipinski definition) is 0. The fourth-order valence-electron chi connectivity index (χ4n) is 2.96. The summed E-state index contributed by atoms with van der Waals surface area (Å²) in [6.45, 7) is 10.8. The molecule has 0 aromatic carbocycles. The van der Waals surface area contributed by atoms with Gasteiger partial charge in [-0.05, 0) is 38.0 Å². The van der Waals surface area contributed by atoms with Crippen molar-refractivity contribution in [3.8, 4) is 0 Å². The highest BCUT2D eigenvalue weighted by atomic mass is 15.3. The zero-order valence-corrected chi connectivity index (χ0v) is 8.75. The van der Waals surface area contributed by atoms with E-state index in [1.54, 1.807) is 0 Å². The van der Waals surface area contributed by atoms with Crippen LogP contribution in [-0.4, -0.2) is 23.5 Å². The van der Waals surface area contributed by atoms with Gasteiger partial charge in [-0.1, -0.05) is 13.8 Å². The lowest BCUT2D eigenvalue weighted by molar-refractivity contribution is -0.138. The fraction of sp³-hybridized carbons (Fsp3) is 1.00. The summed E-state index contributed by atoms with van der Waals surface area (Å²) in [5.74, 6) is 3.03. The Kier molecular flexibility index (Phi) is 1.95. The van der Waals surface area contributed by atoms with E-state index in [9.17, 15) is 0 Å². The topological polar surface area (TPSA) is 3.24 Å². The lowest BCUT2D eigenvalue weighted by Crippen LogP contribution is -2.69. The largest absolute Gasteiger partial charge is 0.297 e. The second-order valence-corrected chi connectivity index (χ2v) is 5.17. The summed E-state index contributed by atoms with van der Waals surface area (Å²) >= 11 is 0. The van der Waals surface area contributed by atoms with Gasteiger partial charge < -0.3 is 0 Å². The number of likely N-dealkylation sites (tertiary alicyclic amines) is 1. The van der Waals surface area contributed by atoms with Crippen LogP contribution in [0.4, 0.5) is 0 Å². The molecule has 0 N–H and O–H groups in total. The predicted octanol–water partition coefficient (Wildman–Crippen LogP) is 2.37. The van der Waals surface area contributed by atoms with E-state index in [0.717, 1.165) is 29.8 Å². The molecule has 0 aromatic heterocycles. The van der Waals surface area contributed by atoms with Crippen LogP contribution in [0.3, 0.4) is 0 Å². The Morgan fingerprint density at radius 2 is 1.83 bits per heavy atom. The van der Waals surface area contributed by atoms with Crippen LogP contribution in [0.25, 0.3) is 0 Å². The van der Waals surface area contributed by atoms with Crippen molar-refractivity contribution in [2.24, 2.45) is 17.8 Å². The molecule has 3 unspecified atom stereocenters. The van der Waals surface area contributed by atoms with E-state index in [2.05, 4.69) is 32.6 Å². The van der Waals surface area contributed by atoms with Crippen molar-refractivity contribution < 1.29 is 0 Å². The molecular weight excluding hydrogens is 146 g/mol. The van der Waals surface area contributed by atoms with Crippen molar-refractivity contribution in [3.63, 3.8) is 0 Å². The smallest absolute Gasteiger partial charge is 0.0144 e. The monoisotopic (exact) mass is 167 g/mol. The molecule has 0 aromatic rings. The maximum Gasteiger partial charge on any atom is 0.0144 e. The van der Waals surface area contributed by atoms with Crippen LogP contribution in [0, 0.1) is 17.8 Å². The molecule has 2 rings (SSSR count). The van der Waals surface area contributed by atoms with Crippen molar-refractivity contribution >= 4 is 0 Å². The molecule has 0 bridgehead atoms. The molecule has 1 aliphatic carbocycles. The summed E-state index contributed by atoms with van der Waals surface area (Å²) in [5.41, 5.74) is 0. The van der Waals surface area contributed by atoms with E-state index in [1.807, 2.05) is 0 Å².